The SMILES string of the molecule is C=CCOC(=O)c1sc(N2C(=O)C(=O)/C(=C(/O)c3ccc(OCc4ccccc4C)cc3)C2c2ccc(CC)cc2)nc1C. The van der Waals surface area contributed by atoms with Crippen molar-refractivity contribution in [2.24, 2.45) is 0 Å². The molecular weight excluding hydrogens is 576 g/mol. The average molecular weight is 609 g/mol. The molecule has 8 nitrogen and oxygen atoms in total. The van der Waals surface area contributed by atoms with Crippen LogP contribution in [0, 0.1) is 13.8 Å². The molecule has 1 amide bonds. The number of nitrogens with zero attached hydrogens (tertiary/aromatic N) is 2. The largest absolute Gasteiger partial charge is 0.507 e. The maximum absolute atomic E-state index is 13.6. The van der Waals surface area contributed by atoms with Gasteiger partial charge < -0.3 is 14.6 Å². The molecule has 3 aromatic carbocycles. The molecule has 2 heterocycles. The summed E-state index contributed by atoms with van der Waals surface area (Å²) in [5, 5.41) is 11.7. The summed E-state index contributed by atoms with van der Waals surface area (Å²) >= 11 is 0.955. The van der Waals surface area contributed by atoms with Crippen molar-refractivity contribution >= 4 is 39.9 Å². The number of carbonyl (C=O) groups excluding carboxylic acids is 3. The Bertz CT molecular complexity index is 1750. The van der Waals surface area contributed by atoms with Gasteiger partial charge in [0.25, 0.3) is 5.78 Å². The van der Waals surface area contributed by atoms with Gasteiger partial charge in [-0.2, -0.15) is 0 Å². The van der Waals surface area contributed by atoms with Gasteiger partial charge in [-0.15, -0.1) is 0 Å². The van der Waals surface area contributed by atoms with Crippen LogP contribution in [-0.2, 0) is 27.4 Å². The fourth-order valence-electron chi connectivity index (χ4n) is 4.95. The first-order valence-electron chi connectivity index (χ1n) is 14.2. The van der Waals surface area contributed by atoms with Crippen molar-refractivity contribution in [3.63, 3.8) is 0 Å². The van der Waals surface area contributed by atoms with Crippen LogP contribution in [0.4, 0.5) is 5.13 Å². The molecule has 1 aliphatic rings. The minimum absolute atomic E-state index is 0.0233. The second kappa shape index (κ2) is 13.1. The van der Waals surface area contributed by atoms with E-state index in [1.807, 2.05) is 62.4 Å². The number of ether oxygens (including phenoxy) is 2. The smallest absolute Gasteiger partial charge is 0.350 e. The van der Waals surface area contributed by atoms with Crippen molar-refractivity contribution in [1.82, 2.24) is 4.98 Å². The highest BCUT2D eigenvalue weighted by molar-refractivity contribution is 7.17. The van der Waals surface area contributed by atoms with Crippen LogP contribution in [0.25, 0.3) is 5.76 Å². The number of anilines is 1. The minimum atomic E-state index is -0.972. The van der Waals surface area contributed by atoms with Crippen molar-refractivity contribution < 1.29 is 29.0 Å². The predicted octanol–water partition coefficient (Wildman–Crippen LogP) is 6.87. The van der Waals surface area contributed by atoms with E-state index in [0.717, 1.165) is 34.4 Å². The first-order valence-corrected chi connectivity index (χ1v) is 15.0. The van der Waals surface area contributed by atoms with Gasteiger partial charge in [-0.1, -0.05) is 79.4 Å². The summed E-state index contributed by atoms with van der Waals surface area (Å²) in [5.74, 6) is -2.04. The van der Waals surface area contributed by atoms with Gasteiger partial charge in [-0.3, -0.25) is 14.5 Å². The van der Waals surface area contributed by atoms with Gasteiger partial charge in [-0.25, -0.2) is 9.78 Å². The Kier molecular flexibility index (Phi) is 9.06. The Morgan fingerprint density at radius 2 is 1.75 bits per heavy atom. The summed E-state index contributed by atoms with van der Waals surface area (Å²) < 4.78 is 11.1. The van der Waals surface area contributed by atoms with Gasteiger partial charge >= 0.3 is 11.9 Å². The van der Waals surface area contributed by atoms with E-state index in [1.54, 1.807) is 31.2 Å². The highest BCUT2D eigenvalue weighted by atomic mass is 32.1. The number of thiazole rings is 1. The maximum Gasteiger partial charge on any atom is 0.350 e. The molecule has 0 radical (unpaired) electrons. The van der Waals surface area contributed by atoms with Gasteiger partial charge in [0.2, 0.25) is 0 Å². The number of benzene rings is 3. The molecule has 9 heteroatoms. The third kappa shape index (κ3) is 6.05. The Morgan fingerprint density at radius 3 is 2.41 bits per heavy atom. The molecule has 1 unspecified atom stereocenters. The Balaban J connectivity index is 1.52. The van der Waals surface area contributed by atoms with Gasteiger partial charge in [0.05, 0.1) is 17.3 Å². The molecule has 5 rings (SSSR count). The van der Waals surface area contributed by atoms with E-state index in [4.69, 9.17) is 9.47 Å². The molecule has 1 aromatic heterocycles. The van der Waals surface area contributed by atoms with E-state index in [-0.39, 0.29) is 27.9 Å². The third-order valence-electron chi connectivity index (χ3n) is 7.44. The van der Waals surface area contributed by atoms with Crippen molar-refractivity contribution in [3.8, 4) is 5.75 Å². The molecule has 0 spiro atoms. The van der Waals surface area contributed by atoms with E-state index < -0.39 is 23.7 Å². The number of aromatic nitrogens is 1. The molecule has 224 valence electrons. The number of aryl methyl sites for hydroxylation is 3. The van der Waals surface area contributed by atoms with Crippen molar-refractivity contribution in [1.29, 1.82) is 0 Å². The molecule has 44 heavy (non-hydrogen) atoms. The Hall–Kier alpha value is -5.02. The Labute approximate surface area is 259 Å². The standard InChI is InChI=1S/C35H32N2O6S/c1-5-19-42-34(41)32-22(4)36-35(44-32)37-29(24-13-11-23(6-2)12-14-24)28(31(39)33(37)40)30(38)25-15-17-27(18-16-25)43-20-26-10-8-7-9-21(26)3/h5,7-18,29,38H,1,6,19-20H2,2-4H3/b30-28+. The van der Waals surface area contributed by atoms with Gasteiger partial charge in [0.1, 0.15) is 29.6 Å². The number of rotatable bonds is 10. The number of carbonyl (C=O) groups is 3. The lowest BCUT2D eigenvalue weighted by Gasteiger charge is -2.23. The number of Topliss-reactive ketones (excluding diaryl/α,β-unsaturated/α-hetero) is 1. The van der Waals surface area contributed by atoms with E-state index in [9.17, 15) is 19.5 Å². The molecule has 1 N–H and O–H groups in total. The summed E-state index contributed by atoms with van der Waals surface area (Å²) in [4.78, 5) is 45.7. The summed E-state index contributed by atoms with van der Waals surface area (Å²) in [6.45, 7) is 9.64. The predicted molar refractivity (Wildman–Crippen MR) is 170 cm³/mol. The molecule has 0 saturated carbocycles. The van der Waals surface area contributed by atoms with E-state index in [0.29, 0.717) is 29.2 Å². The van der Waals surface area contributed by atoms with Crippen LogP contribution in [0.15, 0.2) is 91.0 Å². The fraction of sp³-hybridized carbons (Fsp3) is 0.200. The first-order chi connectivity index (χ1) is 21.2. The molecular formula is C35H32N2O6S. The van der Waals surface area contributed by atoms with Crippen molar-refractivity contribution in [3.05, 3.63) is 129 Å². The quantitative estimate of drug-likeness (QED) is 0.0689. The summed E-state index contributed by atoms with van der Waals surface area (Å²) in [6.07, 6.45) is 2.26. The van der Waals surface area contributed by atoms with Crippen LogP contribution < -0.4 is 9.64 Å². The summed E-state index contributed by atoms with van der Waals surface area (Å²) in [7, 11) is 0. The average Bonchev–Trinajstić information content (AvgIpc) is 3.55. The van der Waals surface area contributed by atoms with E-state index in [1.165, 1.54) is 11.0 Å². The first kappa shape index (κ1) is 30.4. The van der Waals surface area contributed by atoms with Crippen LogP contribution in [0.2, 0.25) is 0 Å². The third-order valence-corrected chi connectivity index (χ3v) is 8.58. The minimum Gasteiger partial charge on any atom is -0.507 e. The van der Waals surface area contributed by atoms with Crippen LogP contribution >= 0.6 is 11.3 Å². The number of hydrogen-bond donors (Lipinski definition) is 1. The lowest BCUT2D eigenvalue weighted by Crippen LogP contribution is -2.29. The highest BCUT2D eigenvalue weighted by Crippen LogP contribution is 2.44. The zero-order chi connectivity index (χ0) is 31.4. The molecule has 1 fully saturated rings. The zero-order valence-electron chi connectivity index (χ0n) is 24.7. The molecule has 0 bridgehead atoms. The van der Waals surface area contributed by atoms with Gasteiger partial charge in [0.15, 0.2) is 5.13 Å². The maximum atomic E-state index is 13.6. The van der Waals surface area contributed by atoms with Crippen LogP contribution in [0.3, 0.4) is 0 Å². The lowest BCUT2D eigenvalue weighted by molar-refractivity contribution is -0.132. The highest BCUT2D eigenvalue weighted by Gasteiger charge is 2.48. The monoisotopic (exact) mass is 608 g/mol. The van der Waals surface area contributed by atoms with E-state index >= 15 is 0 Å². The van der Waals surface area contributed by atoms with Gasteiger partial charge in [0, 0.05) is 5.56 Å². The Morgan fingerprint density at radius 1 is 1.05 bits per heavy atom. The molecule has 4 aromatic rings. The topological polar surface area (TPSA) is 106 Å². The van der Waals surface area contributed by atoms with E-state index in [2.05, 4.69) is 11.6 Å². The summed E-state index contributed by atoms with van der Waals surface area (Å²) in [6, 6.07) is 21.2. The van der Waals surface area contributed by atoms with Crippen molar-refractivity contribution in [2.45, 2.75) is 39.8 Å². The molecule has 1 saturated heterocycles. The number of aliphatic hydroxyl groups excluding tert-OH is 1. The van der Waals surface area contributed by atoms with Crippen molar-refractivity contribution in [2.75, 3.05) is 11.5 Å². The zero-order valence-corrected chi connectivity index (χ0v) is 25.5. The molecule has 1 atom stereocenters. The number of ketones is 1. The number of esters is 1. The number of hydrogen-bond acceptors (Lipinski definition) is 8. The normalized spacial score (nSPS) is 15.8. The fourth-order valence-corrected chi connectivity index (χ4v) is 5.94. The second-order valence-electron chi connectivity index (χ2n) is 10.3. The van der Waals surface area contributed by atoms with Crippen LogP contribution in [-0.4, -0.2) is 34.4 Å². The number of aliphatic hydroxyl groups is 1. The lowest BCUT2D eigenvalue weighted by atomic mass is 9.94. The molecule has 0 aliphatic carbocycles. The second-order valence-corrected chi connectivity index (χ2v) is 11.3. The van der Waals surface area contributed by atoms with Gasteiger partial charge in [-0.05, 0) is 66.8 Å². The molecule has 1 aliphatic heterocycles. The number of amides is 1. The van der Waals surface area contributed by atoms with Crippen LogP contribution in [0.5, 0.6) is 5.75 Å². The summed E-state index contributed by atoms with van der Waals surface area (Å²) in [5.41, 5.74) is 4.51. The van der Waals surface area contributed by atoms with Crippen LogP contribution in [0.1, 0.15) is 56.1 Å².